The first-order valence-electron chi connectivity index (χ1n) is 8.70. The van der Waals surface area contributed by atoms with Gasteiger partial charge in [-0.1, -0.05) is 11.9 Å². The summed E-state index contributed by atoms with van der Waals surface area (Å²) in [6.45, 7) is 1.74. The lowest BCUT2D eigenvalue weighted by Crippen LogP contribution is -2.37. The van der Waals surface area contributed by atoms with Crippen LogP contribution in [0, 0.1) is 0 Å². The van der Waals surface area contributed by atoms with Crippen molar-refractivity contribution in [2.45, 2.75) is 49.0 Å². The molecule has 5 rings (SSSR count). The molecule has 0 amide bonds. The molecule has 1 saturated heterocycles. The highest BCUT2D eigenvalue weighted by molar-refractivity contribution is 7.98. The zero-order chi connectivity index (χ0) is 16.1. The summed E-state index contributed by atoms with van der Waals surface area (Å²) in [5.41, 5.74) is 2.80. The molecule has 2 aliphatic heterocycles. The Bertz CT molecular complexity index is 691. The van der Waals surface area contributed by atoms with Gasteiger partial charge in [-0.05, 0) is 25.7 Å². The fourth-order valence-electron chi connectivity index (χ4n) is 3.69. The molecule has 1 N–H and O–H groups in total. The largest absolute Gasteiger partial charge is 0.374 e. The number of rotatable bonds is 6. The Labute approximate surface area is 150 Å². The van der Waals surface area contributed by atoms with Gasteiger partial charge in [0, 0.05) is 54.2 Å². The molecule has 1 atom stereocenters. The molecule has 0 bridgehead atoms. The van der Waals surface area contributed by atoms with Crippen molar-refractivity contribution in [2.75, 3.05) is 20.2 Å². The van der Waals surface area contributed by atoms with E-state index in [9.17, 15) is 0 Å². The van der Waals surface area contributed by atoms with E-state index in [1.165, 1.54) is 24.1 Å². The first kappa shape index (κ1) is 15.4. The number of thiazole rings is 1. The molecule has 1 aromatic rings. The van der Waals surface area contributed by atoms with Crippen molar-refractivity contribution in [3.8, 4) is 0 Å². The van der Waals surface area contributed by atoms with Crippen LogP contribution in [-0.4, -0.2) is 52.8 Å². The molecule has 0 aromatic carbocycles. The van der Waals surface area contributed by atoms with Crippen LogP contribution >= 0.6 is 23.3 Å². The van der Waals surface area contributed by atoms with Crippen molar-refractivity contribution in [3.63, 3.8) is 0 Å². The smallest absolute Gasteiger partial charge is 0.165 e. The second-order valence-electron chi connectivity index (χ2n) is 7.05. The van der Waals surface area contributed by atoms with Crippen LogP contribution in [0.25, 0.3) is 0 Å². The summed E-state index contributed by atoms with van der Waals surface area (Å²) in [6, 6.07) is 0.483. The molecule has 7 heteroatoms. The Morgan fingerprint density at radius 3 is 2.96 bits per heavy atom. The number of nitrogens with one attached hydrogen (secondary N) is 1. The Morgan fingerprint density at radius 2 is 2.29 bits per heavy atom. The maximum atomic E-state index is 5.87. The van der Waals surface area contributed by atoms with E-state index in [1.807, 2.05) is 30.6 Å². The number of methoxy groups -OCH3 is 1. The van der Waals surface area contributed by atoms with E-state index in [0.29, 0.717) is 6.04 Å². The van der Waals surface area contributed by atoms with Gasteiger partial charge >= 0.3 is 0 Å². The summed E-state index contributed by atoms with van der Waals surface area (Å²) in [5.74, 6) is 1.05. The third-order valence-electron chi connectivity index (χ3n) is 5.35. The summed E-state index contributed by atoms with van der Waals surface area (Å²) in [6.07, 6.45) is 7.93. The number of aromatic nitrogens is 1. The van der Waals surface area contributed by atoms with Gasteiger partial charge in [-0.25, -0.2) is 4.98 Å². The predicted octanol–water partition coefficient (Wildman–Crippen LogP) is 2.81. The second-order valence-corrected chi connectivity index (χ2v) is 9.08. The van der Waals surface area contributed by atoms with E-state index in [4.69, 9.17) is 9.73 Å². The Morgan fingerprint density at radius 1 is 1.42 bits per heavy atom. The number of fused-ring (bicyclic) bond motifs is 1. The lowest BCUT2D eigenvalue weighted by molar-refractivity contribution is 0.107. The summed E-state index contributed by atoms with van der Waals surface area (Å²) in [5, 5.41) is 3.89. The lowest BCUT2D eigenvalue weighted by Gasteiger charge is -2.30. The molecule has 1 unspecified atom stereocenters. The van der Waals surface area contributed by atoms with Crippen LogP contribution in [0.2, 0.25) is 0 Å². The van der Waals surface area contributed by atoms with Crippen molar-refractivity contribution in [2.24, 2.45) is 4.99 Å². The molecule has 128 valence electrons. The second kappa shape index (κ2) is 5.83. The van der Waals surface area contributed by atoms with E-state index in [2.05, 4.69) is 14.6 Å². The number of ether oxygens (including phenoxy) is 1. The number of aliphatic imine (C=N–C) groups is 1. The minimum absolute atomic E-state index is 0.0377. The zero-order valence-electron chi connectivity index (χ0n) is 13.8. The highest BCUT2D eigenvalue weighted by Crippen LogP contribution is 2.49. The molecule has 1 aromatic heterocycles. The van der Waals surface area contributed by atoms with Crippen LogP contribution in [0.5, 0.6) is 0 Å². The van der Waals surface area contributed by atoms with Crippen LogP contribution in [0.3, 0.4) is 0 Å². The SMILES string of the molecule is COC1(C2=C3CC(NSC4CC4)CN3C(c3nccs3)=NC2)CC1. The summed E-state index contributed by atoms with van der Waals surface area (Å²) >= 11 is 3.61. The first-order chi connectivity index (χ1) is 11.8. The molecule has 2 saturated carbocycles. The fraction of sp³-hybridized carbons (Fsp3) is 0.647. The zero-order valence-corrected chi connectivity index (χ0v) is 15.5. The van der Waals surface area contributed by atoms with Crippen molar-refractivity contribution < 1.29 is 4.74 Å². The van der Waals surface area contributed by atoms with E-state index < -0.39 is 0 Å². The van der Waals surface area contributed by atoms with Gasteiger partial charge in [0.2, 0.25) is 0 Å². The number of hydrogen-bond donors (Lipinski definition) is 1. The Balaban J connectivity index is 1.44. The molecular formula is C17H22N4OS2. The molecule has 3 heterocycles. The van der Waals surface area contributed by atoms with E-state index in [0.717, 1.165) is 48.4 Å². The van der Waals surface area contributed by atoms with Crippen molar-refractivity contribution >= 4 is 29.1 Å². The summed E-state index contributed by atoms with van der Waals surface area (Å²) in [7, 11) is 1.85. The molecular weight excluding hydrogens is 340 g/mol. The van der Waals surface area contributed by atoms with Gasteiger partial charge in [-0.15, -0.1) is 11.3 Å². The van der Waals surface area contributed by atoms with E-state index in [1.54, 1.807) is 11.3 Å². The summed E-state index contributed by atoms with van der Waals surface area (Å²) in [4.78, 5) is 11.8. The minimum atomic E-state index is -0.0377. The maximum Gasteiger partial charge on any atom is 0.165 e. The third-order valence-corrected chi connectivity index (χ3v) is 7.40. The lowest BCUT2D eigenvalue weighted by atomic mass is 10.0. The van der Waals surface area contributed by atoms with Crippen LogP contribution in [0.1, 0.15) is 37.1 Å². The molecule has 3 fully saturated rings. The molecule has 0 radical (unpaired) electrons. The van der Waals surface area contributed by atoms with Crippen LogP contribution in [0.15, 0.2) is 27.8 Å². The van der Waals surface area contributed by atoms with E-state index in [-0.39, 0.29) is 5.60 Å². The van der Waals surface area contributed by atoms with E-state index >= 15 is 0 Å². The normalized spacial score (nSPS) is 28.1. The van der Waals surface area contributed by atoms with Gasteiger partial charge in [0.05, 0.1) is 12.1 Å². The van der Waals surface area contributed by atoms with Gasteiger partial charge in [0.15, 0.2) is 10.8 Å². The van der Waals surface area contributed by atoms with Crippen LogP contribution in [-0.2, 0) is 4.74 Å². The average molecular weight is 363 g/mol. The van der Waals surface area contributed by atoms with Gasteiger partial charge < -0.3 is 9.64 Å². The Hall–Kier alpha value is -0.890. The Kier molecular flexibility index (Phi) is 3.73. The number of hydrogen-bond acceptors (Lipinski definition) is 7. The van der Waals surface area contributed by atoms with Crippen molar-refractivity contribution in [3.05, 3.63) is 27.9 Å². The number of amidine groups is 1. The highest BCUT2D eigenvalue weighted by atomic mass is 32.2. The quantitative estimate of drug-likeness (QED) is 0.789. The van der Waals surface area contributed by atoms with Gasteiger partial charge in [0.1, 0.15) is 0 Å². The van der Waals surface area contributed by atoms with Crippen molar-refractivity contribution in [1.82, 2.24) is 14.6 Å². The number of nitrogens with zero attached hydrogens (tertiary/aromatic N) is 3. The molecule has 24 heavy (non-hydrogen) atoms. The minimum Gasteiger partial charge on any atom is -0.374 e. The molecule has 4 aliphatic rings. The maximum absolute atomic E-state index is 5.87. The first-order valence-corrected chi connectivity index (χ1v) is 10.5. The van der Waals surface area contributed by atoms with Crippen molar-refractivity contribution in [1.29, 1.82) is 0 Å². The molecule has 2 aliphatic carbocycles. The van der Waals surface area contributed by atoms with Gasteiger partial charge in [-0.2, -0.15) is 0 Å². The monoisotopic (exact) mass is 362 g/mol. The molecule has 0 spiro atoms. The third kappa shape index (κ3) is 2.62. The van der Waals surface area contributed by atoms with Gasteiger partial charge in [-0.3, -0.25) is 9.71 Å². The fourth-order valence-corrected chi connectivity index (χ4v) is 5.26. The predicted molar refractivity (Wildman–Crippen MR) is 98.4 cm³/mol. The highest BCUT2D eigenvalue weighted by Gasteiger charge is 2.51. The van der Waals surface area contributed by atoms with Crippen LogP contribution in [0.4, 0.5) is 0 Å². The standard InChI is InChI=1S/C17H22N4OS2/c1-22-17(4-5-17)13-9-19-15(16-18-6-7-23-16)21-10-11(8-14(13)21)20-24-12-2-3-12/h6-7,11-12,20H,2-5,8-10H2,1H3. The average Bonchev–Trinajstić information content (AvgIpc) is 3.49. The van der Waals surface area contributed by atoms with Gasteiger partial charge in [0.25, 0.3) is 0 Å². The molecule has 5 nitrogen and oxygen atoms in total. The van der Waals surface area contributed by atoms with Crippen LogP contribution < -0.4 is 4.72 Å². The summed E-state index contributed by atoms with van der Waals surface area (Å²) < 4.78 is 9.58. The topological polar surface area (TPSA) is 49.8 Å².